The van der Waals surface area contributed by atoms with E-state index in [1.54, 1.807) is 14.0 Å². The molecule has 3 N–H and O–H groups in total. The second kappa shape index (κ2) is 4.50. The third-order valence-corrected chi connectivity index (χ3v) is 2.33. The van der Waals surface area contributed by atoms with Crippen molar-refractivity contribution in [3.05, 3.63) is 20.7 Å². The largest absolute Gasteiger partial charge is 0.306 e. The lowest BCUT2D eigenvalue weighted by Gasteiger charge is -1.92. The molecule has 0 unspecified atom stereocenters. The van der Waals surface area contributed by atoms with Crippen LogP contribution in [0.4, 0.5) is 5.82 Å². The van der Waals surface area contributed by atoms with E-state index in [1.807, 2.05) is 0 Å². The van der Waals surface area contributed by atoms with E-state index in [4.69, 9.17) is 17.4 Å². The van der Waals surface area contributed by atoms with E-state index in [0.717, 1.165) is 0 Å². The molecule has 0 saturated carbocycles. The standard InChI is InChI=1S/C8H12ClN5O2/c1-4(9)6-7(5(2)14(15)16)13(3)12-8(6)11-10/h10H2,1-3H3,(H,11,12)/b6-4-,7-5-. The lowest BCUT2D eigenvalue weighted by molar-refractivity contribution is -0.379. The highest BCUT2D eigenvalue weighted by Gasteiger charge is 2.14. The van der Waals surface area contributed by atoms with E-state index in [1.165, 1.54) is 11.6 Å². The molecule has 0 bridgehead atoms. The van der Waals surface area contributed by atoms with Gasteiger partial charge in [0.25, 0.3) is 5.70 Å². The minimum Gasteiger partial charge on any atom is -0.306 e. The van der Waals surface area contributed by atoms with E-state index in [2.05, 4.69) is 10.5 Å². The molecule has 0 radical (unpaired) electrons. The highest BCUT2D eigenvalue weighted by molar-refractivity contribution is 6.44. The maximum atomic E-state index is 10.7. The third kappa shape index (κ3) is 2.00. The van der Waals surface area contributed by atoms with E-state index >= 15 is 0 Å². The van der Waals surface area contributed by atoms with Gasteiger partial charge in [0.1, 0.15) is 5.35 Å². The minimum atomic E-state index is -0.485. The number of hydrogen-bond donors (Lipinski definition) is 2. The number of aromatic nitrogens is 2. The Morgan fingerprint density at radius 2 is 2.19 bits per heavy atom. The van der Waals surface area contributed by atoms with Gasteiger partial charge in [-0.05, 0) is 6.92 Å². The summed E-state index contributed by atoms with van der Waals surface area (Å²) >= 11 is 5.89. The Bertz CT molecular complexity index is 544. The Hall–Kier alpha value is -1.60. The van der Waals surface area contributed by atoms with Crippen LogP contribution in [0.2, 0.25) is 0 Å². The van der Waals surface area contributed by atoms with Crippen LogP contribution in [0.15, 0.2) is 0 Å². The molecule has 1 aromatic heterocycles. The number of hydrogen-bond acceptors (Lipinski definition) is 5. The number of anilines is 1. The number of halogens is 1. The Morgan fingerprint density at radius 3 is 2.56 bits per heavy atom. The molecule has 0 amide bonds. The van der Waals surface area contributed by atoms with Crippen LogP contribution in [-0.4, -0.2) is 14.7 Å². The Balaban J connectivity index is 3.92. The van der Waals surface area contributed by atoms with Gasteiger partial charge in [-0.15, -0.1) is 0 Å². The molecule has 1 rings (SSSR count). The summed E-state index contributed by atoms with van der Waals surface area (Å²) in [5.41, 5.74) is 2.32. The maximum absolute atomic E-state index is 10.7. The molecule has 1 heterocycles. The second-order valence-corrected chi connectivity index (χ2v) is 3.78. The fourth-order valence-corrected chi connectivity index (χ4v) is 1.63. The van der Waals surface area contributed by atoms with E-state index in [0.29, 0.717) is 21.4 Å². The molecule has 0 aromatic carbocycles. The van der Waals surface area contributed by atoms with Gasteiger partial charge < -0.3 is 5.43 Å². The smallest absolute Gasteiger partial charge is 0.268 e. The van der Waals surface area contributed by atoms with Gasteiger partial charge in [0.15, 0.2) is 5.82 Å². The quantitative estimate of drug-likeness (QED) is 0.415. The van der Waals surface area contributed by atoms with Crippen LogP contribution in [0.3, 0.4) is 0 Å². The number of hydrazine groups is 1. The van der Waals surface area contributed by atoms with Crippen LogP contribution >= 0.6 is 11.6 Å². The summed E-state index contributed by atoms with van der Waals surface area (Å²) in [7, 11) is 1.59. The van der Waals surface area contributed by atoms with Crippen molar-refractivity contribution in [1.29, 1.82) is 0 Å². The van der Waals surface area contributed by atoms with Gasteiger partial charge in [-0.25, -0.2) is 5.84 Å². The van der Waals surface area contributed by atoms with Gasteiger partial charge in [-0.2, -0.15) is 5.10 Å². The molecule has 0 aliphatic rings. The predicted molar refractivity (Wildman–Crippen MR) is 61.3 cm³/mol. The van der Waals surface area contributed by atoms with E-state index in [-0.39, 0.29) is 5.70 Å². The number of nitrogens with zero attached hydrogens (tertiary/aromatic N) is 3. The average molecular weight is 246 g/mol. The summed E-state index contributed by atoms with van der Waals surface area (Å²) in [4.78, 5) is 10.3. The average Bonchev–Trinajstić information content (AvgIpc) is 2.53. The molecule has 0 atom stereocenters. The molecule has 0 fully saturated rings. The summed E-state index contributed by atoms with van der Waals surface area (Å²) in [5, 5.41) is 15.9. The first-order valence-electron chi connectivity index (χ1n) is 4.41. The van der Waals surface area contributed by atoms with Crippen LogP contribution in [0.5, 0.6) is 0 Å². The summed E-state index contributed by atoms with van der Waals surface area (Å²) in [6.07, 6.45) is 0. The minimum absolute atomic E-state index is 0.0356. The Labute approximate surface area is 96.3 Å². The highest BCUT2D eigenvalue weighted by atomic mass is 35.5. The van der Waals surface area contributed by atoms with Gasteiger partial charge in [0, 0.05) is 19.0 Å². The molecule has 1 aromatic rings. The fourth-order valence-electron chi connectivity index (χ4n) is 1.45. The number of nitrogens with two attached hydrogens (primary N) is 1. The first-order valence-corrected chi connectivity index (χ1v) is 4.79. The number of nitrogens with one attached hydrogen (secondary N) is 1. The molecular formula is C8H12ClN5O2. The third-order valence-electron chi connectivity index (χ3n) is 2.14. The number of aryl methyl sites for hydroxylation is 1. The van der Waals surface area contributed by atoms with Crippen molar-refractivity contribution >= 4 is 28.1 Å². The first-order chi connectivity index (χ1) is 7.40. The lowest BCUT2D eigenvalue weighted by atomic mass is 10.3. The first kappa shape index (κ1) is 12.5. The predicted octanol–water partition coefficient (Wildman–Crippen LogP) is -0.523. The molecule has 7 nitrogen and oxygen atoms in total. The lowest BCUT2D eigenvalue weighted by Crippen LogP contribution is -2.34. The molecule has 88 valence electrons. The maximum Gasteiger partial charge on any atom is 0.268 e. The van der Waals surface area contributed by atoms with Crippen molar-refractivity contribution in [2.75, 3.05) is 5.43 Å². The Kier molecular flexibility index (Phi) is 3.51. The zero-order valence-electron chi connectivity index (χ0n) is 9.11. The summed E-state index contributed by atoms with van der Waals surface area (Å²) in [6, 6.07) is 0. The number of nitrogen functional groups attached to an aromatic ring is 1. The van der Waals surface area contributed by atoms with Crippen molar-refractivity contribution in [3.63, 3.8) is 0 Å². The van der Waals surface area contributed by atoms with Gasteiger partial charge in [0.2, 0.25) is 0 Å². The number of nitro groups is 1. The molecule has 0 aliphatic heterocycles. The summed E-state index contributed by atoms with van der Waals surface area (Å²) in [5.74, 6) is 5.58. The summed E-state index contributed by atoms with van der Waals surface area (Å²) in [6.45, 7) is 3.01. The van der Waals surface area contributed by atoms with Crippen LogP contribution in [0, 0.1) is 10.1 Å². The van der Waals surface area contributed by atoms with E-state index in [9.17, 15) is 10.1 Å². The Morgan fingerprint density at radius 1 is 1.62 bits per heavy atom. The van der Waals surface area contributed by atoms with Crippen molar-refractivity contribution in [3.8, 4) is 0 Å². The van der Waals surface area contributed by atoms with E-state index < -0.39 is 4.92 Å². The molecule has 16 heavy (non-hydrogen) atoms. The zero-order valence-corrected chi connectivity index (χ0v) is 9.87. The highest BCUT2D eigenvalue weighted by Crippen LogP contribution is 2.00. The van der Waals surface area contributed by atoms with Crippen molar-refractivity contribution in [1.82, 2.24) is 9.78 Å². The van der Waals surface area contributed by atoms with Crippen LogP contribution in [-0.2, 0) is 7.05 Å². The summed E-state index contributed by atoms with van der Waals surface area (Å²) < 4.78 is 1.37. The topological polar surface area (TPSA) is 99.0 Å². The van der Waals surface area contributed by atoms with Crippen LogP contribution in [0.25, 0.3) is 10.7 Å². The van der Waals surface area contributed by atoms with Crippen molar-refractivity contribution < 1.29 is 4.92 Å². The molecular weight excluding hydrogens is 234 g/mol. The van der Waals surface area contributed by atoms with Crippen LogP contribution < -0.4 is 21.8 Å². The molecule has 0 aliphatic carbocycles. The molecule has 8 heteroatoms. The van der Waals surface area contributed by atoms with Crippen molar-refractivity contribution in [2.45, 2.75) is 13.8 Å². The zero-order chi connectivity index (χ0) is 12.5. The normalized spacial score (nSPS) is 14.6. The fraction of sp³-hybridized carbons (Fsp3) is 0.375. The number of rotatable bonds is 2. The monoisotopic (exact) mass is 245 g/mol. The van der Waals surface area contributed by atoms with Crippen LogP contribution in [0.1, 0.15) is 13.8 Å². The SMILES string of the molecule is C/C(Cl)=c1/c(NN)nn(C)/c1=C(/C)[N+](=O)[O-]. The van der Waals surface area contributed by atoms with Gasteiger partial charge in [-0.1, -0.05) is 11.6 Å². The molecule has 0 saturated heterocycles. The van der Waals surface area contributed by atoms with Gasteiger partial charge >= 0.3 is 0 Å². The van der Waals surface area contributed by atoms with Gasteiger partial charge in [-0.3, -0.25) is 14.8 Å². The van der Waals surface area contributed by atoms with Gasteiger partial charge in [0.05, 0.1) is 10.1 Å². The van der Waals surface area contributed by atoms with Crippen molar-refractivity contribution in [2.24, 2.45) is 12.9 Å². The second-order valence-electron chi connectivity index (χ2n) is 3.22. The molecule has 0 spiro atoms.